The second-order valence-corrected chi connectivity index (χ2v) is 2.66. The summed E-state index contributed by atoms with van der Waals surface area (Å²) in [5.74, 6) is -0.349. The minimum Gasteiger partial charge on any atom is -0.462 e. The predicted molar refractivity (Wildman–Crippen MR) is 45.2 cm³/mol. The first kappa shape index (κ1) is 10.7. The molecule has 0 fully saturated rings. The second-order valence-electron chi connectivity index (χ2n) is 2.66. The molecule has 0 heterocycles. The Labute approximate surface area is 72.6 Å². The molecule has 12 heavy (non-hydrogen) atoms. The highest BCUT2D eigenvalue weighted by Gasteiger charge is 2.09. The summed E-state index contributed by atoms with van der Waals surface area (Å²) in [6, 6.07) is 1.80. The van der Waals surface area contributed by atoms with Gasteiger partial charge in [0, 0.05) is 0 Å². The fourth-order valence-corrected chi connectivity index (χ4v) is 0.693. The van der Waals surface area contributed by atoms with Gasteiger partial charge in [-0.3, -0.25) is 0 Å². The van der Waals surface area contributed by atoms with Crippen molar-refractivity contribution in [1.29, 1.82) is 5.26 Å². The average Bonchev–Trinajstić information content (AvgIpc) is 2.00. The number of nitrogens with zero attached hydrogens (tertiary/aromatic N) is 1. The largest absolute Gasteiger partial charge is 0.462 e. The molecule has 0 aliphatic heterocycles. The van der Waals surface area contributed by atoms with Crippen LogP contribution in [0.2, 0.25) is 0 Å². The van der Waals surface area contributed by atoms with Crippen molar-refractivity contribution in [3.8, 4) is 6.07 Å². The molecule has 0 aromatic heterocycles. The average molecular weight is 167 g/mol. The molecule has 0 spiro atoms. The number of carbonyl (C=O) groups excluding carboxylic acids is 1. The zero-order chi connectivity index (χ0) is 9.56. The minimum absolute atomic E-state index is 0.0897. The molecular formula is C9H13NO2. The van der Waals surface area contributed by atoms with E-state index >= 15 is 0 Å². The summed E-state index contributed by atoms with van der Waals surface area (Å²) in [6.07, 6.45) is 1.60. The quantitative estimate of drug-likeness (QED) is 0.365. The number of esters is 1. The fraction of sp³-hybridized carbons (Fsp3) is 0.556. The van der Waals surface area contributed by atoms with E-state index in [1.165, 1.54) is 0 Å². The Kier molecular flexibility index (Phi) is 4.78. The van der Waals surface area contributed by atoms with Crippen molar-refractivity contribution < 1.29 is 9.53 Å². The fourth-order valence-electron chi connectivity index (χ4n) is 0.693. The van der Waals surface area contributed by atoms with E-state index in [0.29, 0.717) is 6.61 Å². The maximum atomic E-state index is 11.0. The van der Waals surface area contributed by atoms with Crippen molar-refractivity contribution >= 4 is 5.97 Å². The van der Waals surface area contributed by atoms with Crippen LogP contribution in [-0.2, 0) is 9.53 Å². The molecule has 3 heteroatoms. The van der Waals surface area contributed by atoms with E-state index in [1.54, 1.807) is 19.1 Å². The van der Waals surface area contributed by atoms with Gasteiger partial charge in [0.25, 0.3) is 0 Å². The molecule has 66 valence electrons. The van der Waals surface area contributed by atoms with Crippen molar-refractivity contribution in [2.24, 2.45) is 5.92 Å². The molecule has 0 aromatic rings. The van der Waals surface area contributed by atoms with Gasteiger partial charge in [0.15, 0.2) is 0 Å². The van der Waals surface area contributed by atoms with Crippen molar-refractivity contribution in [3.05, 3.63) is 11.6 Å². The highest BCUT2D eigenvalue weighted by atomic mass is 16.5. The molecule has 0 aliphatic carbocycles. The lowest BCUT2D eigenvalue weighted by Crippen LogP contribution is -2.07. The monoisotopic (exact) mass is 167 g/mol. The van der Waals surface area contributed by atoms with E-state index < -0.39 is 5.97 Å². The highest BCUT2D eigenvalue weighted by Crippen LogP contribution is 2.03. The maximum absolute atomic E-state index is 11.0. The van der Waals surface area contributed by atoms with Gasteiger partial charge >= 0.3 is 5.97 Å². The minimum atomic E-state index is -0.534. The zero-order valence-corrected chi connectivity index (χ0v) is 7.63. The number of hydrogen-bond donors (Lipinski definition) is 0. The summed E-state index contributed by atoms with van der Waals surface area (Å²) < 4.78 is 4.67. The van der Waals surface area contributed by atoms with Gasteiger partial charge < -0.3 is 4.74 Å². The lowest BCUT2D eigenvalue weighted by Gasteiger charge is -2.00. The molecule has 3 nitrogen and oxygen atoms in total. The van der Waals surface area contributed by atoms with Gasteiger partial charge in [-0.25, -0.2) is 4.79 Å². The van der Waals surface area contributed by atoms with Gasteiger partial charge in [0.2, 0.25) is 0 Å². The SMILES string of the molecule is CCOC(=O)/C(C#N)=C\C(C)C. The van der Waals surface area contributed by atoms with Crippen LogP contribution in [0.15, 0.2) is 11.6 Å². The van der Waals surface area contributed by atoms with Gasteiger partial charge in [-0.05, 0) is 12.8 Å². The Hall–Kier alpha value is -1.30. The third-order valence-electron chi connectivity index (χ3n) is 1.12. The van der Waals surface area contributed by atoms with Crippen LogP contribution >= 0.6 is 0 Å². The second kappa shape index (κ2) is 5.36. The van der Waals surface area contributed by atoms with Crippen molar-refractivity contribution in [3.63, 3.8) is 0 Å². The number of hydrogen-bond acceptors (Lipinski definition) is 3. The molecule has 0 amide bonds. The first-order valence-corrected chi connectivity index (χ1v) is 3.90. The Morgan fingerprint density at radius 2 is 2.25 bits per heavy atom. The molecule has 0 radical (unpaired) electrons. The van der Waals surface area contributed by atoms with Gasteiger partial charge in [0.1, 0.15) is 11.6 Å². The molecule has 0 rings (SSSR count). The van der Waals surface area contributed by atoms with Crippen LogP contribution in [0, 0.1) is 17.2 Å². The Bertz CT molecular complexity index is 223. The zero-order valence-electron chi connectivity index (χ0n) is 7.63. The molecule has 0 unspecified atom stereocenters. The van der Waals surface area contributed by atoms with Crippen LogP contribution < -0.4 is 0 Å². The van der Waals surface area contributed by atoms with E-state index in [2.05, 4.69) is 4.74 Å². The first-order valence-electron chi connectivity index (χ1n) is 3.90. The van der Waals surface area contributed by atoms with Gasteiger partial charge in [-0.1, -0.05) is 19.9 Å². The van der Waals surface area contributed by atoms with Crippen LogP contribution in [-0.4, -0.2) is 12.6 Å². The maximum Gasteiger partial charge on any atom is 0.348 e. The molecule has 0 N–H and O–H groups in total. The van der Waals surface area contributed by atoms with E-state index in [1.807, 2.05) is 13.8 Å². The van der Waals surface area contributed by atoms with Crippen LogP contribution in [0.3, 0.4) is 0 Å². The molecule has 0 atom stereocenters. The van der Waals surface area contributed by atoms with E-state index in [-0.39, 0.29) is 11.5 Å². The molecule has 0 saturated carbocycles. The summed E-state index contributed by atoms with van der Waals surface area (Å²) in [7, 11) is 0. The van der Waals surface area contributed by atoms with Gasteiger partial charge in [0.05, 0.1) is 6.61 Å². The highest BCUT2D eigenvalue weighted by molar-refractivity contribution is 5.92. The van der Waals surface area contributed by atoms with Crippen LogP contribution in [0.4, 0.5) is 0 Å². The van der Waals surface area contributed by atoms with E-state index in [4.69, 9.17) is 5.26 Å². The molecule has 0 saturated heterocycles. The Balaban J connectivity index is 4.37. The molecule has 0 bridgehead atoms. The normalized spacial score (nSPS) is 11.1. The number of rotatable bonds is 3. The smallest absolute Gasteiger partial charge is 0.348 e. The van der Waals surface area contributed by atoms with Crippen LogP contribution in [0.5, 0.6) is 0 Å². The lowest BCUT2D eigenvalue weighted by molar-refractivity contribution is -0.138. The van der Waals surface area contributed by atoms with Crippen molar-refractivity contribution in [2.75, 3.05) is 6.61 Å². The van der Waals surface area contributed by atoms with Crippen molar-refractivity contribution in [2.45, 2.75) is 20.8 Å². The topological polar surface area (TPSA) is 50.1 Å². The molecular weight excluding hydrogens is 154 g/mol. The summed E-state index contributed by atoms with van der Waals surface area (Å²) in [5.41, 5.74) is 0.0897. The number of allylic oxidation sites excluding steroid dienone is 1. The van der Waals surface area contributed by atoms with Crippen molar-refractivity contribution in [1.82, 2.24) is 0 Å². The van der Waals surface area contributed by atoms with Crippen LogP contribution in [0.1, 0.15) is 20.8 Å². The number of nitriles is 1. The number of carbonyl (C=O) groups is 1. The van der Waals surface area contributed by atoms with E-state index in [0.717, 1.165) is 0 Å². The third-order valence-corrected chi connectivity index (χ3v) is 1.12. The Morgan fingerprint density at radius 1 is 1.67 bits per heavy atom. The standard InChI is InChI=1S/C9H13NO2/c1-4-12-9(11)8(6-10)5-7(2)3/h5,7H,4H2,1-3H3/b8-5-. The first-order chi connectivity index (χ1) is 5.61. The van der Waals surface area contributed by atoms with Gasteiger partial charge in [-0.15, -0.1) is 0 Å². The molecule has 0 aromatic carbocycles. The van der Waals surface area contributed by atoms with Gasteiger partial charge in [-0.2, -0.15) is 5.26 Å². The summed E-state index contributed by atoms with van der Waals surface area (Å²) in [6.45, 7) is 5.81. The molecule has 0 aliphatic rings. The van der Waals surface area contributed by atoms with E-state index in [9.17, 15) is 4.79 Å². The Morgan fingerprint density at radius 3 is 2.58 bits per heavy atom. The third kappa shape index (κ3) is 3.77. The lowest BCUT2D eigenvalue weighted by atomic mass is 10.1. The van der Waals surface area contributed by atoms with Crippen LogP contribution in [0.25, 0.3) is 0 Å². The summed E-state index contributed by atoms with van der Waals surface area (Å²) in [5, 5.41) is 8.55. The predicted octanol–water partition coefficient (Wildman–Crippen LogP) is 1.66. The number of ether oxygens (including phenoxy) is 1. The summed E-state index contributed by atoms with van der Waals surface area (Å²) in [4.78, 5) is 11.0. The summed E-state index contributed by atoms with van der Waals surface area (Å²) >= 11 is 0.